The lowest BCUT2D eigenvalue weighted by Gasteiger charge is -1.92. The van der Waals surface area contributed by atoms with Gasteiger partial charge in [0.1, 0.15) is 5.01 Å². The molecule has 0 saturated heterocycles. The maximum Gasteiger partial charge on any atom is 0.232 e. The number of aromatic nitrogens is 2. The van der Waals surface area contributed by atoms with Crippen LogP contribution in [0, 0.1) is 0 Å². The first kappa shape index (κ1) is 10.5. The van der Waals surface area contributed by atoms with Crippen molar-refractivity contribution in [2.24, 2.45) is 5.73 Å². The fourth-order valence-electron chi connectivity index (χ4n) is 0.724. The van der Waals surface area contributed by atoms with E-state index in [1.165, 1.54) is 17.7 Å². The number of hydrogen-bond acceptors (Lipinski definition) is 5. The van der Waals surface area contributed by atoms with Crippen molar-refractivity contribution < 1.29 is 0 Å². The SMILES string of the molecule is C=C(/C=C\C(C)=C/N)c1nc(N)ns1. The molecule has 5 heteroatoms. The Morgan fingerprint density at radius 1 is 1.50 bits per heavy atom. The van der Waals surface area contributed by atoms with E-state index in [2.05, 4.69) is 15.9 Å². The Morgan fingerprint density at radius 2 is 2.21 bits per heavy atom. The predicted molar refractivity (Wildman–Crippen MR) is 60.4 cm³/mol. The molecule has 4 nitrogen and oxygen atoms in total. The van der Waals surface area contributed by atoms with E-state index in [1.54, 1.807) is 0 Å². The summed E-state index contributed by atoms with van der Waals surface area (Å²) in [4.78, 5) is 4.00. The Balaban J connectivity index is 2.73. The van der Waals surface area contributed by atoms with Crippen LogP contribution >= 0.6 is 11.5 Å². The van der Waals surface area contributed by atoms with Gasteiger partial charge in [0.15, 0.2) is 0 Å². The largest absolute Gasteiger partial charge is 0.404 e. The van der Waals surface area contributed by atoms with Crippen LogP contribution in [0.1, 0.15) is 11.9 Å². The van der Waals surface area contributed by atoms with Crippen LogP contribution < -0.4 is 11.5 Å². The van der Waals surface area contributed by atoms with Crippen molar-refractivity contribution >= 4 is 23.1 Å². The van der Waals surface area contributed by atoms with Crippen molar-refractivity contribution in [1.82, 2.24) is 9.36 Å². The second-order valence-electron chi connectivity index (χ2n) is 2.73. The minimum atomic E-state index is 0.283. The van der Waals surface area contributed by atoms with Crippen LogP contribution in [0.15, 0.2) is 30.5 Å². The first-order valence-electron chi connectivity index (χ1n) is 3.98. The zero-order valence-corrected chi connectivity index (χ0v) is 8.71. The molecule has 0 unspecified atom stereocenters. The summed E-state index contributed by atoms with van der Waals surface area (Å²) >= 11 is 1.23. The number of nitrogens with zero attached hydrogens (tertiary/aromatic N) is 2. The smallest absolute Gasteiger partial charge is 0.232 e. The Labute approximate surface area is 86.8 Å². The molecule has 14 heavy (non-hydrogen) atoms. The van der Waals surface area contributed by atoms with Gasteiger partial charge >= 0.3 is 0 Å². The highest BCUT2D eigenvalue weighted by molar-refractivity contribution is 7.06. The fourth-order valence-corrected chi connectivity index (χ4v) is 1.26. The number of allylic oxidation sites excluding steroid dienone is 4. The maximum absolute atomic E-state index is 5.39. The first-order valence-corrected chi connectivity index (χ1v) is 4.76. The molecule has 0 aliphatic heterocycles. The normalized spacial score (nSPS) is 12.2. The lowest BCUT2D eigenvalue weighted by atomic mass is 10.2. The highest BCUT2D eigenvalue weighted by Gasteiger charge is 2.01. The number of hydrogen-bond donors (Lipinski definition) is 2. The van der Waals surface area contributed by atoms with Gasteiger partial charge in [0.2, 0.25) is 5.95 Å². The third-order valence-electron chi connectivity index (χ3n) is 1.53. The van der Waals surface area contributed by atoms with E-state index in [9.17, 15) is 0 Å². The summed E-state index contributed by atoms with van der Waals surface area (Å²) in [6.45, 7) is 5.74. The lowest BCUT2D eigenvalue weighted by molar-refractivity contribution is 1.32. The Hall–Kier alpha value is -1.62. The van der Waals surface area contributed by atoms with Gasteiger partial charge in [-0.3, -0.25) is 0 Å². The molecule has 1 rings (SSSR count). The van der Waals surface area contributed by atoms with Crippen LogP contribution in [0.25, 0.3) is 5.57 Å². The first-order chi connectivity index (χ1) is 6.63. The molecule has 0 atom stereocenters. The Morgan fingerprint density at radius 3 is 2.71 bits per heavy atom. The summed E-state index contributed by atoms with van der Waals surface area (Å²) in [7, 11) is 0. The standard InChI is InChI=1S/C9H12N4S/c1-6(5-10)3-4-7(2)8-12-9(11)13-14-8/h3-5H,2,10H2,1H3,(H2,11,13)/b4-3-,6-5-. The van der Waals surface area contributed by atoms with Crippen LogP contribution in [0.3, 0.4) is 0 Å². The summed E-state index contributed by atoms with van der Waals surface area (Å²) in [6.07, 6.45) is 5.22. The predicted octanol–water partition coefficient (Wildman–Crippen LogP) is 1.55. The Kier molecular flexibility index (Phi) is 3.41. The van der Waals surface area contributed by atoms with Gasteiger partial charge in [-0.2, -0.15) is 9.36 Å². The quantitative estimate of drug-likeness (QED) is 0.739. The van der Waals surface area contributed by atoms with Gasteiger partial charge in [-0.1, -0.05) is 18.7 Å². The van der Waals surface area contributed by atoms with Crippen molar-refractivity contribution in [2.75, 3.05) is 5.73 Å². The molecule has 0 bridgehead atoms. The van der Waals surface area contributed by atoms with E-state index < -0.39 is 0 Å². The summed E-state index contributed by atoms with van der Waals surface area (Å²) in [5.41, 5.74) is 12.4. The van der Waals surface area contributed by atoms with E-state index in [1.807, 2.05) is 19.1 Å². The minimum absolute atomic E-state index is 0.283. The van der Waals surface area contributed by atoms with E-state index in [-0.39, 0.29) is 5.95 Å². The number of anilines is 1. The van der Waals surface area contributed by atoms with Crippen molar-refractivity contribution in [3.8, 4) is 0 Å². The Bertz CT molecular complexity index is 389. The molecule has 1 aromatic heterocycles. The molecule has 0 saturated carbocycles. The van der Waals surface area contributed by atoms with E-state index >= 15 is 0 Å². The average molecular weight is 208 g/mol. The molecule has 0 amide bonds. The highest BCUT2D eigenvalue weighted by Crippen LogP contribution is 2.17. The summed E-state index contributed by atoms with van der Waals surface area (Å²) < 4.78 is 3.86. The van der Waals surface area contributed by atoms with Gasteiger partial charge in [-0.25, -0.2) is 0 Å². The van der Waals surface area contributed by atoms with Gasteiger partial charge in [-0.15, -0.1) is 0 Å². The molecule has 0 aliphatic rings. The zero-order chi connectivity index (χ0) is 10.6. The van der Waals surface area contributed by atoms with Crippen LogP contribution in [-0.2, 0) is 0 Å². The van der Waals surface area contributed by atoms with Gasteiger partial charge in [0, 0.05) is 5.57 Å². The summed E-state index contributed by atoms with van der Waals surface area (Å²) in [5.74, 6) is 0.283. The topological polar surface area (TPSA) is 77.8 Å². The minimum Gasteiger partial charge on any atom is -0.404 e. The molecule has 0 aliphatic carbocycles. The van der Waals surface area contributed by atoms with Crippen LogP contribution in [0.5, 0.6) is 0 Å². The van der Waals surface area contributed by atoms with Crippen LogP contribution in [-0.4, -0.2) is 9.36 Å². The number of rotatable bonds is 3. The zero-order valence-electron chi connectivity index (χ0n) is 7.90. The second-order valence-corrected chi connectivity index (χ2v) is 3.48. The molecule has 1 aromatic rings. The average Bonchev–Trinajstić information content (AvgIpc) is 2.60. The van der Waals surface area contributed by atoms with Crippen molar-refractivity contribution in [1.29, 1.82) is 0 Å². The van der Waals surface area contributed by atoms with E-state index in [4.69, 9.17) is 11.5 Å². The van der Waals surface area contributed by atoms with Gasteiger partial charge in [-0.05, 0) is 30.2 Å². The van der Waals surface area contributed by atoms with Crippen LogP contribution in [0.2, 0.25) is 0 Å². The van der Waals surface area contributed by atoms with Crippen molar-refractivity contribution in [3.05, 3.63) is 35.5 Å². The van der Waals surface area contributed by atoms with Crippen LogP contribution in [0.4, 0.5) is 5.95 Å². The summed E-state index contributed by atoms with van der Waals surface area (Å²) in [5, 5.41) is 0.726. The molecular weight excluding hydrogens is 196 g/mol. The lowest BCUT2D eigenvalue weighted by Crippen LogP contribution is -1.86. The maximum atomic E-state index is 5.39. The third kappa shape index (κ3) is 2.70. The van der Waals surface area contributed by atoms with E-state index in [0.29, 0.717) is 0 Å². The third-order valence-corrected chi connectivity index (χ3v) is 2.33. The molecule has 0 fully saturated rings. The van der Waals surface area contributed by atoms with E-state index in [0.717, 1.165) is 16.2 Å². The van der Waals surface area contributed by atoms with Crippen molar-refractivity contribution in [2.45, 2.75) is 6.92 Å². The molecule has 0 aromatic carbocycles. The monoisotopic (exact) mass is 208 g/mol. The number of nitrogens with two attached hydrogens (primary N) is 2. The number of nitrogen functional groups attached to an aromatic ring is 1. The van der Waals surface area contributed by atoms with Gasteiger partial charge in [0.05, 0.1) is 0 Å². The molecule has 74 valence electrons. The molecule has 0 spiro atoms. The molecule has 4 N–H and O–H groups in total. The molecule has 1 heterocycles. The second kappa shape index (κ2) is 4.57. The molecular formula is C9H12N4S. The fraction of sp³-hybridized carbons (Fsp3) is 0.111. The highest BCUT2D eigenvalue weighted by atomic mass is 32.1. The summed E-state index contributed by atoms with van der Waals surface area (Å²) in [6, 6.07) is 0. The van der Waals surface area contributed by atoms with Gasteiger partial charge < -0.3 is 11.5 Å². The molecule has 0 radical (unpaired) electrons. The van der Waals surface area contributed by atoms with Gasteiger partial charge in [0.25, 0.3) is 0 Å². The van der Waals surface area contributed by atoms with Crippen molar-refractivity contribution in [3.63, 3.8) is 0 Å².